The van der Waals surface area contributed by atoms with E-state index in [4.69, 9.17) is 0 Å². The van der Waals surface area contributed by atoms with Gasteiger partial charge in [0.25, 0.3) is 5.95 Å². The van der Waals surface area contributed by atoms with Crippen molar-refractivity contribution in [2.24, 2.45) is 0 Å². The van der Waals surface area contributed by atoms with Crippen LogP contribution in [0.2, 0.25) is 0 Å². The van der Waals surface area contributed by atoms with E-state index in [1.807, 2.05) is 19.2 Å². The minimum absolute atomic E-state index is 0.606. The molecule has 1 unspecified atom stereocenters. The van der Waals surface area contributed by atoms with Crippen LogP contribution >= 0.6 is 0 Å². The molecule has 4 N–H and O–H groups in total. The summed E-state index contributed by atoms with van der Waals surface area (Å²) in [4.78, 5) is 18.2. The molecule has 2 aromatic heterocycles. The number of quaternary nitrogens is 1. The van der Waals surface area contributed by atoms with Gasteiger partial charge in [0.1, 0.15) is 6.54 Å². The second-order valence-corrected chi connectivity index (χ2v) is 7.08. The predicted molar refractivity (Wildman–Crippen MR) is 105 cm³/mol. The van der Waals surface area contributed by atoms with Crippen LogP contribution < -0.4 is 20.5 Å². The SMILES string of the molecule is Cc1cc2nc(NC3=[NH+]C[NH+](Cc4cccnc4)CN3)nc(C)c2cc1C. The maximum Gasteiger partial charge on any atom is 0.359 e. The quantitative estimate of drug-likeness (QED) is 0.500. The zero-order valence-electron chi connectivity index (χ0n) is 15.9. The van der Waals surface area contributed by atoms with Crippen LogP contribution in [0.1, 0.15) is 22.4 Å². The smallest absolute Gasteiger partial charge is 0.273 e. The van der Waals surface area contributed by atoms with Gasteiger partial charge in [-0.1, -0.05) is 6.07 Å². The van der Waals surface area contributed by atoms with Gasteiger partial charge in [0.05, 0.1) is 11.2 Å². The van der Waals surface area contributed by atoms with E-state index in [0.29, 0.717) is 5.95 Å². The normalized spacial score (nSPS) is 16.7. The second kappa shape index (κ2) is 7.28. The Morgan fingerprint density at radius 2 is 2.04 bits per heavy atom. The van der Waals surface area contributed by atoms with E-state index in [1.54, 1.807) is 6.20 Å². The van der Waals surface area contributed by atoms with E-state index in [9.17, 15) is 0 Å². The number of benzene rings is 1. The number of hydrogen-bond donors (Lipinski definition) is 4. The molecule has 1 atom stereocenters. The summed E-state index contributed by atoms with van der Waals surface area (Å²) in [5.74, 6) is 1.45. The van der Waals surface area contributed by atoms with Gasteiger partial charge < -0.3 is 0 Å². The van der Waals surface area contributed by atoms with Crippen LogP contribution in [-0.4, -0.2) is 34.2 Å². The maximum atomic E-state index is 4.68. The van der Waals surface area contributed by atoms with Crippen molar-refractivity contribution in [2.45, 2.75) is 27.3 Å². The van der Waals surface area contributed by atoms with Gasteiger partial charge in [-0.2, -0.15) is 4.98 Å². The Labute approximate surface area is 158 Å². The molecule has 1 aliphatic rings. The van der Waals surface area contributed by atoms with Crippen molar-refractivity contribution in [2.75, 3.05) is 18.7 Å². The minimum Gasteiger partial charge on any atom is -0.273 e. The minimum atomic E-state index is 0.606. The molecule has 1 aliphatic heterocycles. The van der Waals surface area contributed by atoms with Crippen LogP contribution in [0.25, 0.3) is 10.9 Å². The van der Waals surface area contributed by atoms with Crippen LogP contribution in [0.15, 0.2) is 36.7 Å². The van der Waals surface area contributed by atoms with E-state index in [-0.39, 0.29) is 0 Å². The molecule has 3 heterocycles. The molecule has 0 saturated heterocycles. The highest BCUT2D eigenvalue weighted by atomic mass is 15.4. The van der Waals surface area contributed by atoms with Crippen molar-refractivity contribution in [3.63, 3.8) is 0 Å². The highest BCUT2D eigenvalue weighted by Gasteiger charge is 2.21. The first-order valence-corrected chi connectivity index (χ1v) is 9.18. The number of aromatic nitrogens is 3. The third kappa shape index (κ3) is 3.88. The molecule has 7 heteroatoms. The number of aryl methyl sites for hydroxylation is 3. The molecule has 0 saturated carbocycles. The molecule has 0 spiro atoms. The molecule has 4 rings (SSSR count). The molecule has 1 aromatic carbocycles. The molecule has 138 valence electrons. The Morgan fingerprint density at radius 1 is 1.19 bits per heavy atom. The molecule has 3 aromatic rings. The van der Waals surface area contributed by atoms with Crippen LogP contribution in [0, 0.1) is 20.8 Å². The van der Waals surface area contributed by atoms with E-state index in [0.717, 1.165) is 42.4 Å². The highest BCUT2D eigenvalue weighted by Crippen LogP contribution is 2.21. The zero-order chi connectivity index (χ0) is 18.8. The number of pyridine rings is 1. The Balaban J connectivity index is 1.47. The van der Waals surface area contributed by atoms with Gasteiger partial charge >= 0.3 is 5.96 Å². The van der Waals surface area contributed by atoms with Crippen LogP contribution in [0.5, 0.6) is 0 Å². The van der Waals surface area contributed by atoms with E-state index in [1.165, 1.54) is 21.6 Å². The summed E-state index contributed by atoms with van der Waals surface area (Å²) in [7, 11) is 0. The first-order chi connectivity index (χ1) is 13.1. The summed E-state index contributed by atoms with van der Waals surface area (Å²) in [5, 5.41) is 7.76. The van der Waals surface area contributed by atoms with E-state index in [2.05, 4.69) is 62.6 Å². The number of nitrogens with zero attached hydrogens (tertiary/aromatic N) is 3. The third-order valence-corrected chi connectivity index (χ3v) is 4.95. The predicted octanol–water partition coefficient (Wildman–Crippen LogP) is -0.598. The molecular formula is C20H25N7+2. The van der Waals surface area contributed by atoms with E-state index < -0.39 is 0 Å². The van der Waals surface area contributed by atoms with Crippen molar-refractivity contribution in [3.8, 4) is 0 Å². The van der Waals surface area contributed by atoms with Gasteiger partial charge in [-0.05, 0) is 50.1 Å². The first-order valence-electron chi connectivity index (χ1n) is 9.18. The summed E-state index contributed by atoms with van der Waals surface area (Å²) in [5.41, 5.74) is 5.67. The molecule has 0 fully saturated rings. The fourth-order valence-corrected chi connectivity index (χ4v) is 3.27. The summed E-state index contributed by atoms with van der Waals surface area (Å²) in [6, 6.07) is 8.36. The van der Waals surface area contributed by atoms with Crippen LogP contribution in [0.3, 0.4) is 0 Å². The first kappa shape index (κ1) is 17.4. The lowest BCUT2D eigenvalue weighted by molar-refractivity contribution is -0.991. The van der Waals surface area contributed by atoms with Gasteiger partial charge in [0.2, 0.25) is 0 Å². The molecule has 0 amide bonds. The Kier molecular flexibility index (Phi) is 4.68. The summed E-state index contributed by atoms with van der Waals surface area (Å²) >= 11 is 0. The van der Waals surface area contributed by atoms with E-state index >= 15 is 0 Å². The number of anilines is 1. The van der Waals surface area contributed by atoms with Crippen molar-refractivity contribution in [3.05, 3.63) is 59.0 Å². The summed E-state index contributed by atoms with van der Waals surface area (Å²) < 4.78 is 0. The largest absolute Gasteiger partial charge is 0.359 e. The van der Waals surface area contributed by atoms with Crippen molar-refractivity contribution in [1.82, 2.24) is 20.3 Å². The molecule has 0 bridgehead atoms. The second-order valence-electron chi connectivity index (χ2n) is 7.08. The lowest BCUT2D eigenvalue weighted by Crippen LogP contribution is -3.23. The van der Waals surface area contributed by atoms with Gasteiger partial charge in [0, 0.05) is 23.3 Å². The van der Waals surface area contributed by atoms with Crippen molar-refractivity contribution >= 4 is 22.8 Å². The fraction of sp³-hybridized carbons (Fsp3) is 0.300. The van der Waals surface area contributed by atoms with Crippen LogP contribution in [0.4, 0.5) is 5.95 Å². The monoisotopic (exact) mass is 363 g/mol. The van der Waals surface area contributed by atoms with Crippen molar-refractivity contribution < 1.29 is 9.89 Å². The molecular weight excluding hydrogens is 338 g/mol. The molecule has 27 heavy (non-hydrogen) atoms. The third-order valence-electron chi connectivity index (χ3n) is 4.95. The number of guanidine groups is 1. The Hall–Kier alpha value is -3.06. The summed E-state index contributed by atoms with van der Waals surface area (Å²) in [6.07, 6.45) is 3.72. The highest BCUT2D eigenvalue weighted by molar-refractivity contribution is 5.89. The van der Waals surface area contributed by atoms with Gasteiger partial charge in [-0.25, -0.2) is 20.6 Å². The average molecular weight is 363 g/mol. The lowest BCUT2D eigenvalue weighted by atomic mass is 10.1. The van der Waals surface area contributed by atoms with Gasteiger partial charge in [-0.15, -0.1) is 0 Å². The number of rotatable bonds is 3. The number of hydrogen-bond acceptors (Lipinski definition) is 5. The standard InChI is InChI=1S/C20H23N7/c1-13-7-17-15(3)24-20(25-18(17)8-14(13)2)26-19-22-11-27(12-23-19)10-16-5-4-6-21-9-16/h4-9H,10-12H2,1-3H3,(H2,22,23,24,25,26)/p+2. The van der Waals surface area contributed by atoms with Crippen molar-refractivity contribution in [1.29, 1.82) is 0 Å². The van der Waals surface area contributed by atoms with Gasteiger partial charge in [-0.3, -0.25) is 9.88 Å². The Bertz CT molecular complexity index is 998. The number of fused-ring (bicyclic) bond motifs is 1. The zero-order valence-corrected chi connectivity index (χ0v) is 15.9. The molecule has 7 nitrogen and oxygen atoms in total. The average Bonchev–Trinajstić information content (AvgIpc) is 2.66. The summed E-state index contributed by atoms with van der Waals surface area (Å²) in [6.45, 7) is 8.80. The fourth-order valence-electron chi connectivity index (χ4n) is 3.27. The number of nitrogens with one attached hydrogen (secondary N) is 4. The lowest BCUT2D eigenvalue weighted by Gasteiger charge is -2.20. The maximum absolute atomic E-state index is 4.68. The van der Waals surface area contributed by atoms with Crippen LogP contribution in [-0.2, 0) is 6.54 Å². The molecule has 0 radical (unpaired) electrons. The topological polar surface area (TPSA) is 81.1 Å². The Morgan fingerprint density at radius 3 is 2.78 bits per heavy atom. The van der Waals surface area contributed by atoms with Gasteiger partial charge in [0.15, 0.2) is 13.3 Å². The molecule has 0 aliphatic carbocycles.